The average Bonchev–Trinajstić information content (AvgIpc) is 3.25. The summed E-state index contributed by atoms with van der Waals surface area (Å²) >= 11 is 1.70. The summed E-state index contributed by atoms with van der Waals surface area (Å²) in [6, 6.07) is 11.2. The van der Waals surface area contributed by atoms with Crippen molar-refractivity contribution in [3.63, 3.8) is 0 Å². The van der Waals surface area contributed by atoms with Crippen LogP contribution in [0.3, 0.4) is 0 Å². The second-order valence-electron chi connectivity index (χ2n) is 5.91. The second-order valence-corrected chi connectivity index (χ2v) is 6.90. The molecule has 0 bridgehead atoms. The van der Waals surface area contributed by atoms with Crippen molar-refractivity contribution in [2.24, 2.45) is 0 Å². The molecule has 7 nitrogen and oxygen atoms in total. The highest BCUT2D eigenvalue weighted by Crippen LogP contribution is 2.36. The SMILES string of the molecule is O=C(Nc1c2c(nn1-c1ccc(F)cc1)CSC2)c1ccc([N+](=O)[O-])cc1. The number of carbonyl (C=O) groups is 1. The molecule has 3 aromatic rings. The van der Waals surface area contributed by atoms with Crippen LogP contribution in [-0.4, -0.2) is 20.6 Å². The molecular formula is C18H13FN4O3S. The highest BCUT2D eigenvalue weighted by Gasteiger charge is 2.25. The maximum Gasteiger partial charge on any atom is 0.269 e. The van der Waals surface area contributed by atoms with Gasteiger partial charge in [-0.3, -0.25) is 14.9 Å². The zero-order valence-corrected chi connectivity index (χ0v) is 14.7. The number of aromatic nitrogens is 2. The Labute approximate surface area is 157 Å². The molecule has 0 radical (unpaired) electrons. The number of nitro benzene ring substituents is 1. The Balaban J connectivity index is 1.67. The molecule has 1 aliphatic rings. The third-order valence-corrected chi connectivity index (χ3v) is 5.17. The number of non-ortho nitro benzene ring substituents is 1. The van der Waals surface area contributed by atoms with E-state index in [0.717, 1.165) is 17.0 Å². The first-order valence-corrected chi connectivity index (χ1v) is 9.18. The molecule has 1 N–H and O–H groups in total. The molecule has 9 heteroatoms. The fraction of sp³-hybridized carbons (Fsp3) is 0.111. The molecular weight excluding hydrogens is 371 g/mol. The topological polar surface area (TPSA) is 90.1 Å². The monoisotopic (exact) mass is 384 g/mol. The van der Waals surface area contributed by atoms with Crippen LogP contribution in [0.2, 0.25) is 0 Å². The van der Waals surface area contributed by atoms with Gasteiger partial charge in [0.1, 0.15) is 11.6 Å². The van der Waals surface area contributed by atoms with Crippen LogP contribution < -0.4 is 5.32 Å². The van der Waals surface area contributed by atoms with Gasteiger partial charge in [-0.2, -0.15) is 16.9 Å². The molecule has 0 aliphatic carbocycles. The van der Waals surface area contributed by atoms with Crippen molar-refractivity contribution in [3.05, 3.63) is 81.3 Å². The predicted octanol–water partition coefficient (Wildman–Crippen LogP) is 3.92. The number of anilines is 1. The number of amides is 1. The number of carbonyl (C=O) groups excluding carboxylic acids is 1. The molecule has 0 spiro atoms. The summed E-state index contributed by atoms with van der Waals surface area (Å²) in [4.78, 5) is 22.9. The summed E-state index contributed by atoms with van der Waals surface area (Å²) in [7, 11) is 0. The van der Waals surface area contributed by atoms with Crippen LogP contribution in [0.15, 0.2) is 48.5 Å². The van der Waals surface area contributed by atoms with Crippen LogP contribution in [0.4, 0.5) is 15.9 Å². The summed E-state index contributed by atoms with van der Waals surface area (Å²) in [5.41, 5.74) is 2.66. The zero-order chi connectivity index (χ0) is 19.0. The number of benzene rings is 2. The van der Waals surface area contributed by atoms with Crippen LogP contribution in [0, 0.1) is 15.9 Å². The standard InChI is InChI=1S/C18H13FN4O3S/c19-12-3-7-13(8-4-12)22-17(15-9-27-10-16(15)21-22)20-18(24)11-1-5-14(6-2-11)23(25)26/h1-8H,9-10H2,(H,20,24). The fourth-order valence-corrected chi connectivity index (χ4v) is 3.86. The van der Waals surface area contributed by atoms with Gasteiger partial charge in [0.05, 0.1) is 16.3 Å². The summed E-state index contributed by atoms with van der Waals surface area (Å²) in [5, 5.41) is 18.2. The number of fused-ring (bicyclic) bond motifs is 1. The lowest BCUT2D eigenvalue weighted by Crippen LogP contribution is -2.16. The molecule has 0 unspecified atom stereocenters. The van der Waals surface area contributed by atoms with E-state index in [1.807, 2.05) is 0 Å². The first-order valence-electron chi connectivity index (χ1n) is 8.03. The van der Waals surface area contributed by atoms with Crippen molar-refractivity contribution in [2.75, 3.05) is 5.32 Å². The largest absolute Gasteiger partial charge is 0.306 e. The van der Waals surface area contributed by atoms with Crippen molar-refractivity contribution in [3.8, 4) is 5.69 Å². The Bertz CT molecular complexity index is 1030. The number of hydrogen-bond acceptors (Lipinski definition) is 5. The Hall–Kier alpha value is -3.20. The summed E-state index contributed by atoms with van der Waals surface area (Å²) in [5.74, 6) is 1.24. The average molecular weight is 384 g/mol. The van der Waals surface area contributed by atoms with Gasteiger partial charge in [-0.05, 0) is 36.4 Å². The minimum Gasteiger partial charge on any atom is -0.306 e. The summed E-state index contributed by atoms with van der Waals surface area (Å²) < 4.78 is 14.8. The Morgan fingerprint density at radius 3 is 2.52 bits per heavy atom. The Morgan fingerprint density at radius 2 is 1.85 bits per heavy atom. The van der Waals surface area contributed by atoms with Crippen LogP contribution in [0.25, 0.3) is 5.69 Å². The highest BCUT2D eigenvalue weighted by molar-refractivity contribution is 7.98. The van der Waals surface area contributed by atoms with Gasteiger partial charge in [-0.1, -0.05) is 0 Å². The van der Waals surface area contributed by atoms with Gasteiger partial charge in [0.25, 0.3) is 11.6 Å². The molecule has 4 rings (SSSR count). The van der Waals surface area contributed by atoms with E-state index in [1.165, 1.54) is 36.4 Å². The lowest BCUT2D eigenvalue weighted by molar-refractivity contribution is -0.384. The van der Waals surface area contributed by atoms with Gasteiger partial charge in [0.2, 0.25) is 0 Å². The quantitative estimate of drug-likeness (QED) is 0.544. The van der Waals surface area contributed by atoms with Gasteiger partial charge in [0.15, 0.2) is 0 Å². The number of nitrogens with zero attached hydrogens (tertiary/aromatic N) is 3. The van der Waals surface area contributed by atoms with Gasteiger partial charge in [-0.15, -0.1) is 0 Å². The van der Waals surface area contributed by atoms with Crippen molar-refractivity contribution >= 4 is 29.2 Å². The normalized spacial score (nSPS) is 12.6. The Morgan fingerprint density at radius 1 is 1.15 bits per heavy atom. The van der Waals surface area contributed by atoms with Gasteiger partial charge in [-0.25, -0.2) is 9.07 Å². The van der Waals surface area contributed by atoms with E-state index in [-0.39, 0.29) is 11.5 Å². The first-order chi connectivity index (χ1) is 13.0. The zero-order valence-electron chi connectivity index (χ0n) is 13.9. The highest BCUT2D eigenvalue weighted by atomic mass is 32.2. The van der Waals surface area contributed by atoms with Crippen LogP contribution in [-0.2, 0) is 11.5 Å². The molecule has 1 aliphatic heterocycles. The van der Waals surface area contributed by atoms with Crippen molar-refractivity contribution in [1.82, 2.24) is 9.78 Å². The number of rotatable bonds is 4. The predicted molar refractivity (Wildman–Crippen MR) is 99.6 cm³/mol. The number of thioether (sulfide) groups is 1. The molecule has 2 aromatic carbocycles. The molecule has 1 aromatic heterocycles. The third kappa shape index (κ3) is 3.28. The van der Waals surface area contributed by atoms with E-state index in [4.69, 9.17) is 0 Å². The van der Waals surface area contributed by atoms with Gasteiger partial charge in [0, 0.05) is 34.8 Å². The molecule has 0 atom stereocenters. The lowest BCUT2D eigenvalue weighted by atomic mass is 10.2. The molecule has 1 amide bonds. The van der Waals surface area contributed by atoms with E-state index < -0.39 is 10.8 Å². The first kappa shape index (κ1) is 17.2. The minimum absolute atomic E-state index is 0.0832. The van der Waals surface area contributed by atoms with E-state index in [9.17, 15) is 19.3 Å². The van der Waals surface area contributed by atoms with E-state index in [2.05, 4.69) is 10.4 Å². The molecule has 0 fully saturated rings. The smallest absolute Gasteiger partial charge is 0.269 e. The van der Waals surface area contributed by atoms with Crippen LogP contribution >= 0.6 is 11.8 Å². The third-order valence-electron chi connectivity index (χ3n) is 4.20. The fourth-order valence-electron chi connectivity index (χ4n) is 2.82. The molecule has 27 heavy (non-hydrogen) atoms. The molecule has 136 valence electrons. The van der Waals surface area contributed by atoms with Crippen molar-refractivity contribution in [1.29, 1.82) is 0 Å². The number of nitrogens with one attached hydrogen (secondary N) is 1. The van der Waals surface area contributed by atoms with E-state index in [0.29, 0.717) is 22.8 Å². The second kappa shape index (κ2) is 6.84. The summed E-state index contributed by atoms with van der Waals surface area (Å²) in [6.45, 7) is 0. The summed E-state index contributed by atoms with van der Waals surface area (Å²) in [6.07, 6.45) is 0. The maximum absolute atomic E-state index is 13.2. The van der Waals surface area contributed by atoms with Crippen LogP contribution in [0.1, 0.15) is 21.6 Å². The molecule has 2 heterocycles. The number of nitro groups is 1. The van der Waals surface area contributed by atoms with E-state index in [1.54, 1.807) is 28.6 Å². The number of hydrogen-bond donors (Lipinski definition) is 1. The molecule has 0 saturated carbocycles. The van der Waals surface area contributed by atoms with Crippen molar-refractivity contribution < 1.29 is 14.1 Å². The van der Waals surface area contributed by atoms with Gasteiger partial charge < -0.3 is 5.32 Å². The maximum atomic E-state index is 13.2. The van der Waals surface area contributed by atoms with Gasteiger partial charge >= 0.3 is 0 Å². The van der Waals surface area contributed by atoms with E-state index >= 15 is 0 Å². The lowest BCUT2D eigenvalue weighted by Gasteiger charge is -2.11. The van der Waals surface area contributed by atoms with Crippen LogP contribution in [0.5, 0.6) is 0 Å². The number of halogens is 1. The molecule has 0 saturated heterocycles. The van der Waals surface area contributed by atoms with Crippen molar-refractivity contribution in [2.45, 2.75) is 11.5 Å². The minimum atomic E-state index is -0.518. The Kier molecular flexibility index (Phi) is 4.36.